The highest BCUT2D eigenvalue weighted by molar-refractivity contribution is 7.98. The molecule has 0 aliphatic rings. The largest absolute Gasteiger partial charge is 0.338 e. The highest BCUT2D eigenvalue weighted by Gasteiger charge is 2.04. The lowest BCUT2D eigenvalue weighted by Crippen LogP contribution is -1.98. The fourth-order valence-electron chi connectivity index (χ4n) is 1.09. The van der Waals surface area contributed by atoms with Crippen molar-refractivity contribution >= 4 is 11.8 Å². The first-order valence-electron chi connectivity index (χ1n) is 4.58. The van der Waals surface area contributed by atoms with Crippen LogP contribution in [0.5, 0.6) is 0 Å². The SMILES string of the molecule is NCc1noc(CSc2ccccc2)n1. The molecule has 0 unspecified atom stereocenters. The van der Waals surface area contributed by atoms with Gasteiger partial charge in [-0.2, -0.15) is 4.98 Å². The predicted octanol–water partition coefficient (Wildman–Crippen LogP) is 1.82. The molecule has 1 aromatic heterocycles. The standard InChI is InChI=1S/C10H11N3OS/c11-6-9-12-10(14-13-9)7-15-8-4-2-1-3-5-8/h1-5H,6-7,11H2. The van der Waals surface area contributed by atoms with Gasteiger partial charge < -0.3 is 10.3 Å². The molecular weight excluding hydrogens is 210 g/mol. The molecule has 0 bridgehead atoms. The van der Waals surface area contributed by atoms with Crippen LogP contribution >= 0.6 is 11.8 Å². The van der Waals surface area contributed by atoms with E-state index in [0.717, 1.165) is 0 Å². The second-order valence-electron chi connectivity index (χ2n) is 2.91. The summed E-state index contributed by atoms with van der Waals surface area (Å²) in [7, 11) is 0. The summed E-state index contributed by atoms with van der Waals surface area (Å²) in [6.45, 7) is 0.319. The van der Waals surface area contributed by atoms with Crippen LogP contribution in [0.15, 0.2) is 39.8 Å². The molecule has 0 fully saturated rings. The van der Waals surface area contributed by atoms with Gasteiger partial charge in [-0.25, -0.2) is 0 Å². The summed E-state index contributed by atoms with van der Waals surface area (Å²) in [6, 6.07) is 10.1. The molecule has 4 nitrogen and oxygen atoms in total. The summed E-state index contributed by atoms with van der Waals surface area (Å²) in [4.78, 5) is 5.31. The quantitative estimate of drug-likeness (QED) is 0.798. The maximum atomic E-state index is 5.38. The van der Waals surface area contributed by atoms with Crippen molar-refractivity contribution in [2.75, 3.05) is 0 Å². The molecule has 0 saturated carbocycles. The highest BCUT2D eigenvalue weighted by atomic mass is 32.2. The van der Waals surface area contributed by atoms with E-state index in [0.29, 0.717) is 24.0 Å². The minimum atomic E-state index is 0.319. The smallest absolute Gasteiger partial charge is 0.237 e. The molecule has 0 atom stereocenters. The Morgan fingerprint density at radius 3 is 2.73 bits per heavy atom. The molecule has 0 radical (unpaired) electrons. The van der Waals surface area contributed by atoms with Crippen LogP contribution in [0.25, 0.3) is 0 Å². The lowest BCUT2D eigenvalue weighted by molar-refractivity contribution is 0.385. The summed E-state index contributed by atoms with van der Waals surface area (Å²) in [5, 5.41) is 3.72. The van der Waals surface area contributed by atoms with Crippen molar-refractivity contribution in [2.45, 2.75) is 17.2 Å². The van der Waals surface area contributed by atoms with E-state index in [4.69, 9.17) is 10.3 Å². The van der Waals surface area contributed by atoms with E-state index >= 15 is 0 Å². The summed E-state index contributed by atoms with van der Waals surface area (Å²) in [6.07, 6.45) is 0. The highest BCUT2D eigenvalue weighted by Crippen LogP contribution is 2.21. The monoisotopic (exact) mass is 221 g/mol. The molecular formula is C10H11N3OS. The van der Waals surface area contributed by atoms with Crippen molar-refractivity contribution in [2.24, 2.45) is 5.73 Å². The number of benzene rings is 1. The van der Waals surface area contributed by atoms with Gasteiger partial charge in [0.15, 0.2) is 5.82 Å². The Morgan fingerprint density at radius 1 is 1.27 bits per heavy atom. The Labute approximate surface area is 91.9 Å². The molecule has 0 saturated heterocycles. The molecule has 15 heavy (non-hydrogen) atoms. The molecule has 5 heteroatoms. The molecule has 0 aliphatic heterocycles. The Morgan fingerprint density at radius 2 is 2.07 bits per heavy atom. The summed E-state index contributed by atoms with van der Waals surface area (Å²) < 4.78 is 5.02. The Hall–Kier alpha value is -1.33. The third-order valence-electron chi connectivity index (χ3n) is 1.80. The number of nitrogens with two attached hydrogens (primary N) is 1. The average molecular weight is 221 g/mol. The first-order valence-corrected chi connectivity index (χ1v) is 5.56. The lowest BCUT2D eigenvalue weighted by atomic mass is 10.4. The Bertz CT molecular complexity index is 416. The summed E-state index contributed by atoms with van der Waals surface area (Å²) in [5.41, 5.74) is 5.38. The van der Waals surface area contributed by atoms with E-state index in [9.17, 15) is 0 Å². The van der Waals surface area contributed by atoms with Gasteiger partial charge in [0.25, 0.3) is 0 Å². The number of hydrogen-bond donors (Lipinski definition) is 1. The van der Waals surface area contributed by atoms with Gasteiger partial charge in [-0.1, -0.05) is 23.4 Å². The van der Waals surface area contributed by atoms with Gasteiger partial charge in [-0.05, 0) is 12.1 Å². The molecule has 2 aromatic rings. The molecule has 0 aliphatic carbocycles. The van der Waals surface area contributed by atoms with Crippen molar-refractivity contribution < 1.29 is 4.52 Å². The van der Waals surface area contributed by atoms with E-state index in [2.05, 4.69) is 10.1 Å². The van der Waals surface area contributed by atoms with E-state index in [1.165, 1.54) is 4.90 Å². The normalized spacial score (nSPS) is 10.5. The third kappa shape index (κ3) is 2.81. The van der Waals surface area contributed by atoms with Gasteiger partial charge in [-0.15, -0.1) is 11.8 Å². The summed E-state index contributed by atoms with van der Waals surface area (Å²) >= 11 is 1.66. The average Bonchev–Trinajstić information content (AvgIpc) is 2.76. The fraction of sp³-hybridized carbons (Fsp3) is 0.200. The minimum Gasteiger partial charge on any atom is -0.338 e. The number of rotatable bonds is 4. The molecule has 0 spiro atoms. The molecule has 1 heterocycles. The van der Waals surface area contributed by atoms with E-state index < -0.39 is 0 Å². The van der Waals surface area contributed by atoms with Crippen LogP contribution in [0.3, 0.4) is 0 Å². The zero-order valence-corrected chi connectivity index (χ0v) is 8.91. The van der Waals surface area contributed by atoms with Crippen molar-refractivity contribution in [3.8, 4) is 0 Å². The van der Waals surface area contributed by atoms with Crippen molar-refractivity contribution in [1.82, 2.24) is 10.1 Å². The fourth-order valence-corrected chi connectivity index (χ4v) is 1.85. The number of thioether (sulfide) groups is 1. The van der Waals surface area contributed by atoms with Gasteiger partial charge in [0.1, 0.15) is 0 Å². The predicted molar refractivity (Wildman–Crippen MR) is 58.2 cm³/mol. The first-order chi connectivity index (χ1) is 7.38. The maximum absolute atomic E-state index is 5.38. The van der Waals surface area contributed by atoms with Crippen molar-refractivity contribution in [3.63, 3.8) is 0 Å². The van der Waals surface area contributed by atoms with Gasteiger partial charge in [0.2, 0.25) is 5.89 Å². The maximum Gasteiger partial charge on any atom is 0.237 e. The molecule has 0 amide bonds. The van der Waals surface area contributed by atoms with Crippen LogP contribution in [0.1, 0.15) is 11.7 Å². The zero-order chi connectivity index (χ0) is 10.5. The van der Waals surface area contributed by atoms with Crippen LogP contribution in [0.2, 0.25) is 0 Å². The Kier molecular flexibility index (Phi) is 3.37. The third-order valence-corrected chi connectivity index (χ3v) is 2.80. The molecule has 1 aromatic carbocycles. The second kappa shape index (κ2) is 4.95. The zero-order valence-electron chi connectivity index (χ0n) is 8.09. The van der Waals surface area contributed by atoms with Crippen LogP contribution in [0, 0.1) is 0 Å². The van der Waals surface area contributed by atoms with Crippen LogP contribution < -0.4 is 5.73 Å². The first kappa shape index (κ1) is 10.2. The van der Waals surface area contributed by atoms with Gasteiger partial charge in [-0.3, -0.25) is 0 Å². The Balaban J connectivity index is 1.93. The van der Waals surface area contributed by atoms with Crippen LogP contribution in [-0.4, -0.2) is 10.1 Å². The van der Waals surface area contributed by atoms with Gasteiger partial charge in [0, 0.05) is 4.90 Å². The van der Waals surface area contributed by atoms with E-state index in [-0.39, 0.29) is 0 Å². The van der Waals surface area contributed by atoms with Gasteiger partial charge >= 0.3 is 0 Å². The number of aromatic nitrogens is 2. The van der Waals surface area contributed by atoms with Crippen LogP contribution in [0.4, 0.5) is 0 Å². The molecule has 2 rings (SSSR count). The molecule has 2 N–H and O–H groups in total. The van der Waals surface area contributed by atoms with Gasteiger partial charge in [0.05, 0.1) is 12.3 Å². The second-order valence-corrected chi connectivity index (χ2v) is 3.96. The van der Waals surface area contributed by atoms with E-state index in [1.54, 1.807) is 11.8 Å². The van der Waals surface area contributed by atoms with Crippen molar-refractivity contribution in [3.05, 3.63) is 42.0 Å². The van der Waals surface area contributed by atoms with Crippen molar-refractivity contribution in [1.29, 1.82) is 0 Å². The number of hydrogen-bond acceptors (Lipinski definition) is 5. The topological polar surface area (TPSA) is 64.9 Å². The molecule has 78 valence electrons. The minimum absolute atomic E-state index is 0.319. The summed E-state index contributed by atoms with van der Waals surface area (Å²) in [5.74, 6) is 1.85. The number of nitrogens with zero attached hydrogens (tertiary/aromatic N) is 2. The van der Waals surface area contributed by atoms with E-state index in [1.807, 2.05) is 30.3 Å². The van der Waals surface area contributed by atoms with Crippen LogP contribution in [-0.2, 0) is 12.3 Å². The lowest BCUT2D eigenvalue weighted by Gasteiger charge is -1.95.